The van der Waals surface area contributed by atoms with E-state index in [-0.39, 0.29) is 25.2 Å². The molecule has 0 aliphatic carbocycles. The Bertz CT molecular complexity index is 1000. The Labute approximate surface area is 187 Å². The second-order valence-electron chi connectivity index (χ2n) is 8.31. The molecular formula is C24H27N3O5. The second kappa shape index (κ2) is 8.98. The summed E-state index contributed by atoms with van der Waals surface area (Å²) < 4.78 is 16.8. The third-order valence-corrected chi connectivity index (χ3v) is 6.07. The molecule has 3 aliphatic rings. The lowest BCUT2D eigenvalue weighted by molar-refractivity contribution is -0.139. The van der Waals surface area contributed by atoms with Crippen molar-refractivity contribution >= 4 is 17.5 Å². The molecule has 168 valence electrons. The molecule has 1 N–H and O–H groups in total. The topological polar surface area (TPSA) is 80.3 Å². The normalized spacial score (nSPS) is 19.2. The van der Waals surface area contributed by atoms with Crippen LogP contribution < -0.4 is 24.4 Å². The molecule has 1 fully saturated rings. The maximum absolute atomic E-state index is 13.0. The molecule has 3 aliphatic heterocycles. The highest BCUT2D eigenvalue weighted by Gasteiger charge is 2.34. The molecule has 8 nitrogen and oxygen atoms in total. The van der Waals surface area contributed by atoms with Gasteiger partial charge in [-0.05, 0) is 49.1 Å². The van der Waals surface area contributed by atoms with E-state index >= 15 is 0 Å². The van der Waals surface area contributed by atoms with Crippen LogP contribution in [0.25, 0.3) is 0 Å². The first-order chi connectivity index (χ1) is 15.7. The molecule has 3 heterocycles. The smallest absolute Gasteiger partial charge is 0.265 e. The van der Waals surface area contributed by atoms with Gasteiger partial charge in [0.25, 0.3) is 5.91 Å². The van der Waals surface area contributed by atoms with Gasteiger partial charge in [-0.1, -0.05) is 18.2 Å². The summed E-state index contributed by atoms with van der Waals surface area (Å²) in [5.41, 5.74) is 1.76. The van der Waals surface area contributed by atoms with Gasteiger partial charge in [0, 0.05) is 19.6 Å². The lowest BCUT2D eigenvalue weighted by atomic mass is 10.1. The van der Waals surface area contributed by atoms with Gasteiger partial charge in [0.05, 0.1) is 18.8 Å². The molecule has 0 aromatic heterocycles. The fraction of sp³-hybridized carbons (Fsp3) is 0.417. The number of hydrogen-bond donors (Lipinski definition) is 1. The Morgan fingerprint density at radius 2 is 1.78 bits per heavy atom. The van der Waals surface area contributed by atoms with Crippen LogP contribution in [-0.2, 0) is 16.1 Å². The maximum Gasteiger partial charge on any atom is 0.265 e. The highest BCUT2D eigenvalue weighted by atomic mass is 16.7. The molecule has 2 amide bonds. The zero-order chi connectivity index (χ0) is 21.9. The number of fused-ring (bicyclic) bond motifs is 2. The van der Waals surface area contributed by atoms with Crippen LogP contribution in [-0.4, -0.2) is 55.8 Å². The highest BCUT2D eigenvalue weighted by Crippen LogP contribution is 2.34. The number of nitrogens with zero attached hydrogens (tertiary/aromatic N) is 2. The van der Waals surface area contributed by atoms with E-state index in [1.54, 1.807) is 0 Å². The van der Waals surface area contributed by atoms with E-state index in [2.05, 4.69) is 5.32 Å². The number of rotatable bonds is 5. The molecule has 8 heteroatoms. The summed E-state index contributed by atoms with van der Waals surface area (Å²) in [5, 5.41) is 2.96. The number of amides is 2. The van der Waals surface area contributed by atoms with Crippen molar-refractivity contribution in [1.82, 2.24) is 10.2 Å². The summed E-state index contributed by atoms with van der Waals surface area (Å²) in [6, 6.07) is 13.2. The van der Waals surface area contributed by atoms with Gasteiger partial charge in [0.1, 0.15) is 5.75 Å². The zero-order valence-electron chi connectivity index (χ0n) is 17.9. The van der Waals surface area contributed by atoms with Crippen LogP contribution in [0.15, 0.2) is 42.5 Å². The first kappa shape index (κ1) is 20.5. The predicted molar refractivity (Wildman–Crippen MR) is 118 cm³/mol. The molecule has 0 unspecified atom stereocenters. The molecular weight excluding hydrogens is 410 g/mol. The number of hydrogen-bond acceptors (Lipinski definition) is 6. The largest absolute Gasteiger partial charge is 0.477 e. The number of likely N-dealkylation sites (tertiary alicyclic amines) is 1. The van der Waals surface area contributed by atoms with Gasteiger partial charge >= 0.3 is 0 Å². The minimum absolute atomic E-state index is 0.00460. The average Bonchev–Trinajstić information content (AvgIpc) is 3.31. The van der Waals surface area contributed by atoms with Crippen LogP contribution in [0.5, 0.6) is 17.2 Å². The lowest BCUT2D eigenvalue weighted by Crippen LogP contribution is -2.53. The van der Waals surface area contributed by atoms with Crippen molar-refractivity contribution in [3.63, 3.8) is 0 Å². The van der Waals surface area contributed by atoms with Crippen LogP contribution in [0.3, 0.4) is 0 Å². The molecule has 1 atom stereocenters. The molecule has 2 aromatic carbocycles. The summed E-state index contributed by atoms with van der Waals surface area (Å²) in [4.78, 5) is 29.6. The van der Waals surface area contributed by atoms with E-state index < -0.39 is 6.10 Å². The number of carbonyl (C=O) groups is 2. The molecule has 0 spiro atoms. The van der Waals surface area contributed by atoms with Gasteiger partial charge in [0.15, 0.2) is 17.6 Å². The summed E-state index contributed by atoms with van der Waals surface area (Å²) in [5.74, 6) is 1.93. The Kier molecular flexibility index (Phi) is 5.75. The minimum Gasteiger partial charge on any atom is -0.477 e. The van der Waals surface area contributed by atoms with Crippen LogP contribution in [0.4, 0.5) is 5.69 Å². The SMILES string of the molecule is O=C(CN1C[C@H](C(=O)N2CCCCC2)Oc2ccccc21)NCc1ccc2c(c1)OCO2. The third-order valence-electron chi connectivity index (χ3n) is 6.07. The molecule has 0 bridgehead atoms. The summed E-state index contributed by atoms with van der Waals surface area (Å²) in [7, 11) is 0. The molecule has 0 radical (unpaired) electrons. The molecule has 2 aromatic rings. The molecule has 0 saturated carbocycles. The van der Waals surface area contributed by atoms with Gasteiger partial charge in [-0.3, -0.25) is 9.59 Å². The van der Waals surface area contributed by atoms with Crippen molar-refractivity contribution in [3.8, 4) is 17.2 Å². The Hall–Kier alpha value is -3.42. The summed E-state index contributed by atoms with van der Waals surface area (Å²) in [6.45, 7) is 2.65. The van der Waals surface area contributed by atoms with E-state index in [1.807, 2.05) is 52.3 Å². The highest BCUT2D eigenvalue weighted by molar-refractivity contribution is 5.86. The van der Waals surface area contributed by atoms with E-state index in [1.165, 1.54) is 0 Å². The van der Waals surface area contributed by atoms with E-state index in [0.717, 1.165) is 49.4 Å². The van der Waals surface area contributed by atoms with Crippen LogP contribution >= 0.6 is 0 Å². The molecule has 32 heavy (non-hydrogen) atoms. The summed E-state index contributed by atoms with van der Waals surface area (Å²) >= 11 is 0. The monoisotopic (exact) mass is 437 g/mol. The quantitative estimate of drug-likeness (QED) is 0.773. The van der Waals surface area contributed by atoms with E-state index in [9.17, 15) is 9.59 Å². The van der Waals surface area contributed by atoms with Crippen LogP contribution in [0.2, 0.25) is 0 Å². The third kappa shape index (κ3) is 4.30. The van der Waals surface area contributed by atoms with Gasteiger partial charge in [-0.25, -0.2) is 0 Å². The minimum atomic E-state index is -0.607. The predicted octanol–water partition coefficient (Wildman–Crippen LogP) is 2.31. The first-order valence-electron chi connectivity index (χ1n) is 11.1. The number of anilines is 1. The number of nitrogens with one attached hydrogen (secondary N) is 1. The van der Waals surface area contributed by atoms with E-state index in [0.29, 0.717) is 24.6 Å². The second-order valence-corrected chi connectivity index (χ2v) is 8.31. The Morgan fingerprint density at radius 1 is 0.969 bits per heavy atom. The van der Waals surface area contributed by atoms with Crippen LogP contribution in [0.1, 0.15) is 24.8 Å². The Morgan fingerprint density at radius 3 is 2.66 bits per heavy atom. The van der Waals surface area contributed by atoms with Crippen molar-refractivity contribution in [2.75, 3.05) is 37.9 Å². The number of carbonyl (C=O) groups excluding carboxylic acids is 2. The van der Waals surface area contributed by atoms with Gasteiger partial charge in [0.2, 0.25) is 12.7 Å². The van der Waals surface area contributed by atoms with Gasteiger partial charge < -0.3 is 29.3 Å². The standard InChI is InChI=1S/C24H27N3O5/c28-23(25-13-17-8-9-20-21(12-17)31-16-30-20)15-27-14-22(24(29)26-10-4-1-5-11-26)32-19-7-3-2-6-18(19)27/h2-3,6-9,12,22H,1,4-5,10-11,13-16H2,(H,25,28)/t22-/m1/s1. The number of benzene rings is 2. The van der Waals surface area contributed by atoms with Gasteiger partial charge in [-0.2, -0.15) is 0 Å². The lowest BCUT2D eigenvalue weighted by Gasteiger charge is -2.38. The summed E-state index contributed by atoms with van der Waals surface area (Å²) in [6.07, 6.45) is 2.61. The van der Waals surface area contributed by atoms with Crippen molar-refractivity contribution in [3.05, 3.63) is 48.0 Å². The number of ether oxygens (including phenoxy) is 3. The average molecular weight is 437 g/mol. The van der Waals surface area contributed by atoms with Crippen molar-refractivity contribution in [1.29, 1.82) is 0 Å². The Balaban J connectivity index is 1.24. The van der Waals surface area contributed by atoms with Crippen molar-refractivity contribution in [2.45, 2.75) is 31.9 Å². The first-order valence-corrected chi connectivity index (χ1v) is 11.1. The van der Waals surface area contributed by atoms with Crippen molar-refractivity contribution in [2.24, 2.45) is 0 Å². The fourth-order valence-electron chi connectivity index (χ4n) is 4.38. The number of piperidine rings is 1. The van der Waals surface area contributed by atoms with Crippen molar-refractivity contribution < 1.29 is 23.8 Å². The molecule has 1 saturated heterocycles. The fourth-order valence-corrected chi connectivity index (χ4v) is 4.38. The molecule has 5 rings (SSSR count). The number of para-hydroxylation sites is 2. The van der Waals surface area contributed by atoms with Crippen LogP contribution in [0, 0.1) is 0 Å². The maximum atomic E-state index is 13.0. The van der Waals surface area contributed by atoms with Gasteiger partial charge in [-0.15, -0.1) is 0 Å². The van der Waals surface area contributed by atoms with E-state index in [4.69, 9.17) is 14.2 Å². The zero-order valence-corrected chi connectivity index (χ0v) is 17.9.